The first kappa shape index (κ1) is 19.8. The van der Waals surface area contributed by atoms with Crippen LogP contribution in [-0.2, 0) is 4.79 Å². The Kier molecular flexibility index (Phi) is 6.39. The molecule has 2 aromatic carbocycles. The number of nitrogens with zero attached hydrogens (tertiary/aromatic N) is 3. The Morgan fingerprint density at radius 3 is 2.62 bits per heavy atom. The standard InChI is InChI=1S/C21H19N3O5/c1-26-19-11-15(13-23)3-5-17(19)29-14-21(25)24(8-2-7-22)16-4-6-18-20(12-16)28-10-9-27-18/h3-6,11-12H,2,8-10,14H2,1H3. The van der Waals surface area contributed by atoms with E-state index in [0.29, 0.717) is 47.5 Å². The smallest absolute Gasteiger partial charge is 0.264 e. The van der Waals surface area contributed by atoms with Crippen LogP contribution in [0.3, 0.4) is 0 Å². The van der Waals surface area contributed by atoms with Gasteiger partial charge in [0.1, 0.15) is 13.2 Å². The Bertz CT molecular complexity index is 977. The summed E-state index contributed by atoms with van der Waals surface area (Å²) in [4.78, 5) is 14.3. The highest BCUT2D eigenvalue weighted by atomic mass is 16.6. The maximum absolute atomic E-state index is 12.8. The van der Waals surface area contributed by atoms with Crippen molar-refractivity contribution in [2.45, 2.75) is 6.42 Å². The third-order valence-corrected chi connectivity index (χ3v) is 4.23. The molecule has 1 aliphatic heterocycles. The van der Waals surface area contributed by atoms with E-state index >= 15 is 0 Å². The summed E-state index contributed by atoms with van der Waals surface area (Å²) in [6.07, 6.45) is 0.167. The van der Waals surface area contributed by atoms with Crippen LogP contribution in [0.5, 0.6) is 23.0 Å². The third kappa shape index (κ3) is 4.69. The maximum atomic E-state index is 12.8. The number of nitriles is 2. The fraction of sp³-hybridized carbons (Fsp3) is 0.286. The molecule has 0 aliphatic carbocycles. The summed E-state index contributed by atoms with van der Waals surface area (Å²) < 4.78 is 21.9. The number of carbonyl (C=O) groups excluding carboxylic acids is 1. The fourth-order valence-electron chi connectivity index (χ4n) is 2.83. The largest absolute Gasteiger partial charge is 0.493 e. The number of fused-ring (bicyclic) bond motifs is 1. The van der Waals surface area contributed by atoms with Crippen LogP contribution in [0.25, 0.3) is 0 Å². The van der Waals surface area contributed by atoms with Crippen LogP contribution in [0.15, 0.2) is 36.4 Å². The molecule has 8 heteroatoms. The van der Waals surface area contributed by atoms with E-state index in [2.05, 4.69) is 0 Å². The maximum Gasteiger partial charge on any atom is 0.264 e. The van der Waals surface area contributed by atoms with Gasteiger partial charge < -0.3 is 23.8 Å². The van der Waals surface area contributed by atoms with E-state index in [1.54, 1.807) is 30.3 Å². The molecule has 148 valence electrons. The Morgan fingerprint density at radius 2 is 1.90 bits per heavy atom. The van der Waals surface area contributed by atoms with Crippen molar-refractivity contribution in [3.8, 4) is 35.1 Å². The van der Waals surface area contributed by atoms with Crippen molar-refractivity contribution in [3.63, 3.8) is 0 Å². The molecule has 0 bridgehead atoms. The molecule has 0 saturated carbocycles. The summed E-state index contributed by atoms with van der Waals surface area (Å²) in [6, 6.07) is 14.0. The minimum absolute atomic E-state index is 0.167. The zero-order valence-corrected chi connectivity index (χ0v) is 15.9. The van der Waals surface area contributed by atoms with Crippen molar-refractivity contribution < 1.29 is 23.7 Å². The second-order valence-electron chi connectivity index (χ2n) is 6.05. The van der Waals surface area contributed by atoms with E-state index < -0.39 is 0 Å². The molecule has 3 rings (SSSR count). The van der Waals surface area contributed by atoms with E-state index in [-0.39, 0.29) is 25.5 Å². The lowest BCUT2D eigenvalue weighted by atomic mass is 10.2. The van der Waals surface area contributed by atoms with Gasteiger partial charge in [0.25, 0.3) is 5.91 Å². The lowest BCUT2D eigenvalue weighted by Crippen LogP contribution is -2.36. The summed E-state index contributed by atoms with van der Waals surface area (Å²) in [7, 11) is 1.46. The molecule has 2 aromatic rings. The molecule has 8 nitrogen and oxygen atoms in total. The van der Waals surface area contributed by atoms with Gasteiger partial charge in [0, 0.05) is 24.4 Å². The Labute approximate surface area is 168 Å². The van der Waals surface area contributed by atoms with Crippen molar-refractivity contribution in [1.82, 2.24) is 0 Å². The summed E-state index contributed by atoms with van der Waals surface area (Å²) in [5.41, 5.74) is 1.01. The molecule has 1 amide bonds. The van der Waals surface area contributed by atoms with Crippen LogP contribution in [0.2, 0.25) is 0 Å². The van der Waals surface area contributed by atoms with Crippen LogP contribution < -0.4 is 23.8 Å². The number of hydrogen-bond acceptors (Lipinski definition) is 7. The molecule has 0 aromatic heterocycles. The van der Waals surface area contributed by atoms with Gasteiger partial charge in [-0.3, -0.25) is 4.79 Å². The normalized spacial score (nSPS) is 11.7. The van der Waals surface area contributed by atoms with Crippen LogP contribution in [0, 0.1) is 22.7 Å². The highest BCUT2D eigenvalue weighted by Crippen LogP contribution is 2.34. The highest BCUT2D eigenvalue weighted by Gasteiger charge is 2.20. The average Bonchev–Trinajstić information content (AvgIpc) is 2.77. The Hall–Kier alpha value is -3.91. The Morgan fingerprint density at radius 1 is 1.10 bits per heavy atom. The number of methoxy groups -OCH3 is 1. The third-order valence-electron chi connectivity index (χ3n) is 4.23. The first-order chi connectivity index (χ1) is 14.2. The molecular formula is C21H19N3O5. The first-order valence-corrected chi connectivity index (χ1v) is 8.94. The van der Waals surface area contributed by atoms with E-state index in [0.717, 1.165) is 0 Å². The number of hydrogen-bond donors (Lipinski definition) is 0. The molecule has 0 N–H and O–H groups in total. The number of benzene rings is 2. The van der Waals surface area contributed by atoms with Crippen molar-refractivity contribution in [1.29, 1.82) is 10.5 Å². The van der Waals surface area contributed by atoms with E-state index in [4.69, 9.17) is 29.5 Å². The van der Waals surface area contributed by atoms with Gasteiger partial charge in [-0.25, -0.2) is 0 Å². The van der Waals surface area contributed by atoms with Gasteiger partial charge in [0.15, 0.2) is 29.6 Å². The van der Waals surface area contributed by atoms with Gasteiger partial charge >= 0.3 is 0 Å². The van der Waals surface area contributed by atoms with Gasteiger partial charge in [-0.05, 0) is 24.3 Å². The number of ether oxygens (including phenoxy) is 4. The minimum atomic E-state index is -0.330. The van der Waals surface area contributed by atoms with Crippen molar-refractivity contribution in [3.05, 3.63) is 42.0 Å². The number of carbonyl (C=O) groups is 1. The first-order valence-electron chi connectivity index (χ1n) is 8.94. The number of anilines is 1. The van der Waals surface area contributed by atoms with Gasteiger partial charge in [-0.1, -0.05) is 0 Å². The van der Waals surface area contributed by atoms with Crippen molar-refractivity contribution in [2.75, 3.05) is 38.4 Å². The second-order valence-corrected chi connectivity index (χ2v) is 6.05. The van der Waals surface area contributed by atoms with Crippen molar-refractivity contribution in [2.24, 2.45) is 0 Å². The summed E-state index contributed by atoms with van der Waals surface area (Å²) in [5.74, 6) is 1.55. The zero-order chi connectivity index (χ0) is 20.6. The van der Waals surface area contributed by atoms with E-state index in [1.165, 1.54) is 18.1 Å². The predicted octanol–water partition coefficient (Wildman–Crippen LogP) is 2.66. The Balaban J connectivity index is 1.76. The van der Waals surface area contributed by atoms with E-state index in [1.807, 2.05) is 12.1 Å². The van der Waals surface area contributed by atoms with Gasteiger partial charge in [0.05, 0.1) is 31.2 Å². The molecule has 0 atom stereocenters. The molecule has 0 radical (unpaired) electrons. The van der Waals surface area contributed by atoms with E-state index in [9.17, 15) is 4.79 Å². The van der Waals surface area contributed by atoms with Gasteiger partial charge in [0.2, 0.25) is 0 Å². The second kappa shape index (κ2) is 9.34. The summed E-state index contributed by atoms with van der Waals surface area (Å²) in [5, 5.41) is 17.9. The van der Waals surface area contributed by atoms with Crippen LogP contribution in [0.4, 0.5) is 5.69 Å². The number of rotatable bonds is 7. The highest BCUT2D eigenvalue weighted by molar-refractivity contribution is 5.94. The number of amides is 1. The predicted molar refractivity (Wildman–Crippen MR) is 103 cm³/mol. The fourth-order valence-corrected chi connectivity index (χ4v) is 2.83. The van der Waals surface area contributed by atoms with Crippen molar-refractivity contribution >= 4 is 11.6 Å². The monoisotopic (exact) mass is 393 g/mol. The lowest BCUT2D eigenvalue weighted by Gasteiger charge is -2.25. The topological polar surface area (TPSA) is 105 Å². The van der Waals surface area contributed by atoms with Gasteiger partial charge in [-0.15, -0.1) is 0 Å². The molecule has 0 fully saturated rings. The summed E-state index contributed by atoms with van der Waals surface area (Å²) in [6.45, 7) is 0.860. The lowest BCUT2D eigenvalue weighted by molar-refractivity contribution is -0.120. The average molecular weight is 393 g/mol. The molecule has 29 heavy (non-hydrogen) atoms. The van der Waals surface area contributed by atoms with Crippen LogP contribution in [0.1, 0.15) is 12.0 Å². The molecule has 0 saturated heterocycles. The molecule has 0 spiro atoms. The SMILES string of the molecule is COc1cc(C#N)ccc1OCC(=O)N(CCC#N)c1ccc2c(c1)OCCO2. The van der Waals surface area contributed by atoms with Gasteiger partial charge in [-0.2, -0.15) is 10.5 Å². The molecule has 1 heterocycles. The zero-order valence-electron chi connectivity index (χ0n) is 15.9. The molecule has 1 aliphatic rings. The van der Waals surface area contributed by atoms with Crippen LogP contribution in [-0.4, -0.2) is 39.4 Å². The molecular weight excluding hydrogens is 374 g/mol. The molecule has 0 unspecified atom stereocenters. The summed E-state index contributed by atoms with van der Waals surface area (Å²) >= 11 is 0. The minimum Gasteiger partial charge on any atom is -0.493 e. The quantitative estimate of drug-likeness (QED) is 0.712. The van der Waals surface area contributed by atoms with Crippen LogP contribution >= 0.6 is 0 Å².